The summed E-state index contributed by atoms with van der Waals surface area (Å²) in [5.41, 5.74) is 0.570. The van der Waals surface area contributed by atoms with Crippen LogP contribution in [0.3, 0.4) is 0 Å². The first kappa shape index (κ1) is 17.2. The number of alkyl carbamates (subject to hydrolysis) is 1. The van der Waals surface area contributed by atoms with Crippen LogP contribution >= 0.6 is 0 Å². The molecule has 0 heterocycles. The Morgan fingerprint density at radius 2 is 2.09 bits per heavy atom. The van der Waals surface area contributed by atoms with Gasteiger partial charge in [-0.1, -0.05) is 24.1 Å². The van der Waals surface area contributed by atoms with E-state index in [0.29, 0.717) is 6.54 Å². The van der Waals surface area contributed by atoms with Crippen LogP contribution in [0.25, 0.3) is 0 Å². The van der Waals surface area contributed by atoms with Gasteiger partial charge >= 0.3 is 6.09 Å². The number of terminal acetylenes is 1. The molecule has 2 unspecified atom stereocenters. The van der Waals surface area contributed by atoms with E-state index in [1.807, 2.05) is 45.0 Å². The number of para-hydroxylation sites is 1. The van der Waals surface area contributed by atoms with Crippen molar-refractivity contribution < 1.29 is 14.3 Å². The molecule has 0 bridgehead atoms. The molecule has 2 rings (SSSR count). The Bertz CT molecular complexity index is 587. The lowest BCUT2D eigenvalue weighted by Crippen LogP contribution is -2.36. The molecule has 1 saturated carbocycles. The molecule has 0 spiro atoms. The van der Waals surface area contributed by atoms with Crippen LogP contribution < -0.4 is 15.4 Å². The predicted octanol–water partition coefficient (Wildman–Crippen LogP) is 2.45. The summed E-state index contributed by atoms with van der Waals surface area (Å²) < 4.78 is 10.8. The zero-order valence-electron chi connectivity index (χ0n) is 13.9. The molecule has 0 radical (unpaired) electrons. The van der Waals surface area contributed by atoms with Crippen LogP contribution in [0, 0.1) is 12.3 Å². The van der Waals surface area contributed by atoms with Crippen molar-refractivity contribution in [1.29, 1.82) is 0 Å². The van der Waals surface area contributed by atoms with E-state index in [2.05, 4.69) is 16.6 Å². The molecule has 1 aromatic carbocycles. The minimum atomic E-state index is -0.477. The third-order valence-electron chi connectivity index (χ3n) is 3.33. The van der Waals surface area contributed by atoms with Gasteiger partial charge in [0.05, 0.1) is 0 Å². The average Bonchev–Trinajstić information content (AvgIpc) is 3.19. The van der Waals surface area contributed by atoms with Crippen LogP contribution in [-0.2, 0) is 11.3 Å². The third-order valence-corrected chi connectivity index (χ3v) is 3.33. The van der Waals surface area contributed by atoms with Crippen LogP contribution in [0.1, 0.15) is 32.8 Å². The van der Waals surface area contributed by atoms with E-state index in [1.54, 1.807) is 0 Å². The maximum absolute atomic E-state index is 11.7. The van der Waals surface area contributed by atoms with Crippen LogP contribution in [0.5, 0.6) is 5.75 Å². The molecule has 1 aromatic rings. The molecule has 1 amide bonds. The maximum Gasteiger partial charge on any atom is 0.407 e. The predicted molar refractivity (Wildman–Crippen MR) is 89.2 cm³/mol. The van der Waals surface area contributed by atoms with Crippen LogP contribution in [-0.4, -0.2) is 30.4 Å². The van der Waals surface area contributed by atoms with E-state index < -0.39 is 5.60 Å². The lowest BCUT2D eigenvalue weighted by Gasteiger charge is -2.19. The minimum absolute atomic E-state index is 0.114. The number of benzene rings is 1. The summed E-state index contributed by atoms with van der Waals surface area (Å²) in [6.45, 7) is 6.47. The van der Waals surface area contributed by atoms with Gasteiger partial charge in [-0.05, 0) is 33.3 Å². The van der Waals surface area contributed by atoms with E-state index in [1.165, 1.54) is 0 Å². The number of nitrogens with one attached hydrogen (secondary N) is 2. The van der Waals surface area contributed by atoms with Gasteiger partial charge in [-0.2, -0.15) is 0 Å². The highest BCUT2D eigenvalue weighted by Crippen LogP contribution is 2.24. The number of hydrogen-bond donors (Lipinski definition) is 2. The molecule has 2 atom stereocenters. The Morgan fingerprint density at radius 1 is 1.35 bits per heavy atom. The normalized spacial score (nSPS) is 19.6. The Balaban J connectivity index is 1.76. The smallest absolute Gasteiger partial charge is 0.407 e. The molecule has 124 valence electrons. The maximum atomic E-state index is 11.7. The van der Waals surface area contributed by atoms with Crippen molar-refractivity contribution in [2.75, 3.05) is 6.61 Å². The van der Waals surface area contributed by atoms with Crippen molar-refractivity contribution in [2.24, 2.45) is 0 Å². The van der Waals surface area contributed by atoms with E-state index in [9.17, 15) is 4.79 Å². The molecule has 5 heteroatoms. The van der Waals surface area contributed by atoms with Gasteiger partial charge in [0.2, 0.25) is 0 Å². The Kier molecular flexibility index (Phi) is 5.51. The average molecular weight is 316 g/mol. The van der Waals surface area contributed by atoms with Gasteiger partial charge in [-0.25, -0.2) is 4.79 Å². The fourth-order valence-electron chi connectivity index (χ4n) is 2.19. The molecular formula is C18H24N2O3. The second kappa shape index (κ2) is 7.38. The summed E-state index contributed by atoms with van der Waals surface area (Å²) in [6, 6.07) is 8.14. The number of hydrogen-bond acceptors (Lipinski definition) is 4. The molecule has 0 aromatic heterocycles. The fraction of sp³-hybridized carbons (Fsp3) is 0.500. The Morgan fingerprint density at radius 3 is 2.78 bits per heavy atom. The van der Waals surface area contributed by atoms with Crippen LogP contribution in [0.2, 0.25) is 0 Å². The summed E-state index contributed by atoms with van der Waals surface area (Å²) in [5.74, 6) is 3.25. The molecular weight excluding hydrogens is 292 g/mol. The molecule has 23 heavy (non-hydrogen) atoms. The zero-order valence-corrected chi connectivity index (χ0v) is 13.9. The highest BCUT2D eigenvalue weighted by molar-refractivity contribution is 5.68. The molecule has 5 nitrogen and oxygen atoms in total. The Labute approximate surface area is 137 Å². The fourth-order valence-corrected chi connectivity index (χ4v) is 2.19. The summed E-state index contributed by atoms with van der Waals surface area (Å²) in [5, 5.41) is 6.27. The molecule has 1 aliphatic carbocycles. The largest absolute Gasteiger partial charge is 0.481 e. The first-order valence-electron chi connectivity index (χ1n) is 7.76. The SMILES string of the molecule is C#CCOc1ccccc1CNC1CC1NC(=O)OC(C)(C)C. The number of rotatable bonds is 6. The monoisotopic (exact) mass is 316 g/mol. The van der Waals surface area contributed by atoms with Crippen molar-refractivity contribution in [3.05, 3.63) is 29.8 Å². The van der Waals surface area contributed by atoms with Crippen molar-refractivity contribution in [1.82, 2.24) is 10.6 Å². The van der Waals surface area contributed by atoms with Gasteiger partial charge in [-0.3, -0.25) is 0 Å². The topological polar surface area (TPSA) is 59.6 Å². The van der Waals surface area contributed by atoms with Gasteiger partial charge in [-0.15, -0.1) is 6.42 Å². The Hall–Kier alpha value is -2.19. The first-order valence-corrected chi connectivity index (χ1v) is 7.76. The molecule has 1 fully saturated rings. The lowest BCUT2D eigenvalue weighted by molar-refractivity contribution is 0.0522. The molecule has 0 aliphatic heterocycles. The van der Waals surface area contributed by atoms with Gasteiger partial charge < -0.3 is 20.1 Å². The number of ether oxygens (including phenoxy) is 2. The van der Waals surface area contributed by atoms with Crippen LogP contribution in [0.15, 0.2) is 24.3 Å². The van der Waals surface area contributed by atoms with Crippen molar-refractivity contribution in [2.45, 2.75) is 51.4 Å². The lowest BCUT2D eigenvalue weighted by atomic mass is 10.2. The summed E-state index contributed by atoms with van der Waals surface area (Å²) in [4.78, 5) is 11.7. The molecule has 1 aliphatic rings. The number of carbonyl (C=O) groups is 1. The van der Waals surface area contributed by atoms with E-state index in [-0.39, 0.29) is 24.8 Å². The first-order chi connectivity index (χ1) is 10.9. The standard InChI is InChI=1S/C18H24N2O3/c1-5-10-22-16-9-7-6-8-13(16)12-19-14-11-15(14)20-17(21)23-18(2,3)4/h1,6-9,14-15,19H,10-12H2,2-4H3,(H,20,21). The zero-order chi connectivity index (χ0) is 16.9. The quantitative estimate of drug-likeness (QED) is 0.792. The molecule has 0 saturated heterocycles. The van der Waals surface area contributed by atoms with E-state index in [0.717, 1.165) is 17.7 Å². The van der Waals surface area contributed by atoms with Gasteiger partial charge in [0.15, 0.2) is 0 Å². The second-order valence-electron chi connectivity index (χ2n) is 6.58. The minimum Gasteiger partial charge on any atom is -0.481 e. The van der Waals surface area contributed by atoms with Crippen molar-refractivity contribution in [3.8, 4) is 18.1 Å². The third kappa shape index (κ3) is 5.84. The van der Waals surface area contributed by atoms with E-state index in [4.69, 9.17) is 15.9 Å². The van der Waals surface area contributed by atoms with E-state index >= 15 is 0 Å². The second-order valence-corrected chi connectivity index (χ2v) is 6.58. The van der Waals surface area contributed by atoms with Gasteiger partial charge in [0.1, 0.15) is 18.0 Å². The number of carbonyl (C=O) groups excluding carboxylic acids is 1. The highest BCUT2D eigenvalue weighted by atomic mass is 16.6. The van der Waals surface area contributed by atoms with Crippen LogP contribution in [0.4, 0.5) is 4.79 Å². The summed E-state index contributed by atoms with van der Waals surface area (Å²) in [6.07, 6.45) is 5.75. The highest BCUT2D eigenvalue weighted by Gasteiger charge is 2.38. The summed E-state index contributed by atoms with van der Waals surface area (Å²) >= 11 is 0. The summed E-state index contributed by atoms with van der Waals surface area (Å²) in [7, 11) is 0. The van der Waals surface area contributed by atoms with Gasteiger partial charge in [0, 0.05) is 24.2 Å². The molecule has 2 N–H and O–H groups in total. The van der Waals surface area contributed by atoms with Crippen molar-refractivity contribution >= 4 is 6.09 Å². The van der Waals surface area contributed by atoms with Gasteiger partial charge in [0.25, 0.3) is 0 Å². The van der Waals surface area contributed by atoms with Crippen molar-refractivity contribution in [3.63, 3.8) is 0 Å². The number of amides is 1.